The van der Waals surface area contributed by atoms with E-state index in [0.717, 1.165) is 21.5 Å². The number of hydrogen-bond donors (Lipinski definition) is 1. The van der Waals surface area contributed by atoms with E-state index in [2.05, 4.69) is 15.5 Å². The first-order valence-corrected chi connectivity index (χ1v) is 11.3. The molecule has 0 bridgehead atoms. The molecule has 30 heavy (non-hydrogen) atoms. The van der Waals surface area contributed by atoms with Crippen molar-refractivity contribution in [1.29, 1.82) is 0 Å². The van der Waals surface area contributed by atoms with E-state index in [1.54, 1.807) is 0 Å². The molecule has 1 atom stereocenters. The zero-order valence-corrected chi connectivity index (χ0v) is 18.1. The van der Waals surface area contributed by atoms with Crippen molar-refractivity contribution in [3.63, 3.8) is 0 Å². The lowest BCUT2D eigenvalue weighted by Crippen LogP contribution is -2.44. The lowest BCUT2D eigenvalue weighted by molar-refractivity contribution is -0.134. The van der Waals surface area contributed by atoms with Crippen LogP contribution in [0.2, 0.25) is 0 Å². The summed E-state index contributed by atoms with van der Waals surface area (Å²) in [5.74, 6) is 1.67. The first-order chi connectivity index (χ1) is 14.7. The van der Waals surface area contributed by atoms with Crippen molar-refractivity contribution in [2.75, 3.05) is 31.6 Å². The lowest BCUT2D eigenvalue weighted by atomic mass is 10.3. The van der Waals surface area contributed by atoms with E-state index in [1.807, 2.05) is 66.4 Å². The van der Waals surface area contributed by atoms with Gasteiger partial charge in [-0.3, -0.25) is 4.79 Å². The van der Waals surface area contributed by atoms with Crippen LogP contribution in [0.5, 0.6) is 11.5 Å². The van der Waals surface area contributed by atoms with Gasteiger partial charge in [-0.15, -0.1) is 10.2 Å². The van der Waals surface area contributed by atoms with Crippen LogP contribution in [0.25, 0.3) is 0 Å². The fourth-order valence-corrected chi connectivity index (χ4v) is 4.90. The third-order valence-corrected chi connectivity index (χ3v) is 6.45. The van der Waals surface area contributed by atoms with E-state index < -0.39 is 0 Å². The van der Waals surface area contributed by atoms with E-state index in [1.165, 1.54) is 23.1 Å². The minimum absolute atomic E-state index is 0.113. The summed E-state index contributed by atoms with van der Waals surface area (Å²) in [5, 5.41) is 12.1. The summed E-state index contributed by atoms with van der Waals surface area (Å²) in [6.45, 7) is 4.41. The molecule has 7 nitrogen and oxygen atoms in total. The van der Waals surface area contributed by atoms with Crippen molar-refractivity contribution in [2.24, 2.45) is 0 Å². The highest BCUT2D eigenvalue weighted by Gasteiger charge is 2.24. The Morgan fingerprint density at radius 2 is 1.80 bits per heavy atom. The van der Waals surface area contributed by atoms with Crippen molar-refractivity contribution < 1.29 is 14.3 Å². The number of benzene rings is 2. The van der Waals surface area contributed by atoms with Gasteiger partial charge in [0.2, 0.25) is 11.0 Å². The SMILES string of the molecule is CC(Sc1nnc(Nc2ccc(Oc3ccccc3)cc2)s1)C(=O)N1CCOCC1. The molecule has 1 aliphatic rings. The second kappa shape index (κ2) is 9.92. The van der Waals surface area contributed by atoms with E-state index in [4.69, 9.17) is 9.47 Å². The predicted octanol–water partition coefficient (Wildman–Crippen LogP) is 4.41. The van der Waals surface area contributed by atoms with Crippen molar-refractivity contribution in [1.82, 2.24) is 15.1 Å². The molecule has 0 spiro atoms. The Kier molecular flexibility index (Phi) is 6.83. The third-order valence-electron chi connectivity index (χ3n) is 4.44. The van der Waals surface area contributed by atoms with Crippen LogP contribution in [-0.4, -0.2) is 52.6 Å². The summed E-state index contributed by atoms with van der Waals surface area (Å²) in [6, 6.07) is 17.3. The highest BCUT2D eigenvalue weighted by Crippen LogP contribution is 2.32. The van der Waals surface area contributed by atoms with Gasteiger partial charge >= 0.3 is 0 Å². The number of nitrogens with zero attached hydrogens (tertiary/aromatic N) is 3. The zero-order valence-electron chi connectivity index (χ0n) is 16.5. The minimum atomic E-state index is -0.210. The molecule has 1 unspecified atom stereocenters. The molecule has 1 fully saturated rings. The smallest absolute Gasteiger partial charge is 0.236 e. The number of nitrogens with one attached hydrogen (secondary N) is 1. The Hall–Kier alpha value is -2.62. The summed E-state index contributed by atoms with van der Waals surface area (Å²) >= 11 is 2.86. The van der Waals surface area contributed by atoms with Gasteiger partial charge in [-0.05, 0) is 43.3 Å². The average molecular weight is 443 g/mol. The first kappa shape index (κ1) is 20.6. The Balaban J connectivity index is 1.31. The molecule has 2 aromatic carbocycles. The highest BCUT2D eigenvalue weighted by molar-refractivity contribution is 8.02. The van der Waals surface area contributed by atoms with Gasteiger partial charge in [0.05, 0.1) is 18.5 Å². The van der Waals surface area contributed by atoms with Gasteiger partial charge in [-0.2, -0.15) is 0 Å². The standard InChI is InChI=1S/C21H22N4O3S2/c1-15(19(26)25-11-13-27-14-12-25)29-21-24-23-20(30-21)22-16-7-9-18(10-8-16)28-17-5-3-2-4-6-17/h2-10,15H,11-14H2,1H3,(H,22,23). The van der Waals surface area contributed by atoms with Crippen LogP contribution < -0.4 is 10.1 Å². The Morgan fingerprint density at radius 3 is 2.53 bits per heavy atom. The number of thioether (sulfide) groups is 1. The van der Waals surface area contributed by atoms with Crippen molar-refractivity contribution in [3.8, 4) is 11.5 Å². The molecular formula is C21H22N4O3S2. The largest absolute Gasteiger partial charge is 0.457 e. The number of rotatable bonds is 7. The maximum atomic E-state index is 12.5. The Bertz CT molecular complexity index is 960. The quantitative estimate of drug-likeness (QED) is 0.543. The molecule has 4 rings (SSSR count). The number of morpholine rings is 1. The molecule has 1 amide bonds. The van der Waals surface area contributed by atoms with Gasteiger partial charge in [-0.1, -0.05) is 41.3 Å². The summed E-state index contributed by atoms with van der Waals surface area (Å²) < 4.78 is 11.9. The molecule has 0 saturated carbocycles. The number of anilines is 2. The molecule has 9 heteroatoms. The van der Waals surface area contributed by atoms with Crippen LogP contribution in [0.15, 0.2) is 58.9 Å². The first-order valence-electron chi connectivity index (χ1n) is 9.64. The van der Waals surface area contributed by atoms with E-state index in [-0.39, 0.29) is 11.2 Å². The average Bonchev–Trinajstić information content (AvgIpc) is 3.22. The van der Waals surface area contributed by atoms with Crippen LogP contribution in [0.3, 0.4) is 0 Å². The fraction of sp³-hybridized carbons (Fsp3) is 0.286. The summed E-state index contributed by atoms with van der Waals surface area (Å²) in [4.78, 5) is 14.4. The lowest BCUT2D eigenvalue weighted by Gasteiger charge is -2.28. The van der Waals surface area contributed by atoms with E-state index in [0.29, 0.717) is 31.4 Å². The molecule has 1 saturated heterocycles. The Morgan fingerprint density at radius 1 is 1.10 bits per heavy atom. The number of carbonyl (C=O) groups excluding carboxylic acids is 1. The van der Waals surface area contributed by atoms with Gasteiger partial charge in [0.1, 0.15) is 11.5 Å². The van der Waals surface area contributed by atoms with E-state index >= 15 is 0 Å². The monoisotopic (exact) mass is 442 g/mol. The summed E-state index contributed by atoms with van der Waals surface area (Å²) in [5.41, 5.74) is 0.889. The van der Waals surface area contributed by atoms with Gasteiger partial charge in [0, 0.05) is 18.8 Å². The van der Waals surface area contributed by atoms with Crippen LogP contribution >= 0.6 is 23.1 Å². The molecule has 2 heterocycles. The second-order valence-electron chi connectivity index (χ2n) is 6.64. The van der Waals surface area contributed by atoms with Gasteiger partial charge < -0.3 is 19.7 Å². The normalized spacial score (nSPS) is 14.9. The fourth-order valence-electron chi connectivity index (χ4n) is 2.90. The topological polar surface area (TPSA) is 76.6 Å². The number of para-hydroxylation sites is 1. The van der Waals surface area contributed by atoms with Crippen LogP contribution in [0, 0.1) is 0 Å². The van der Waals surface area contributed by atoms with Gasteiger partial charge in [-0.25, -0.2) is 0 Å². The molecule has 1 aromatic heterocycles. The number of ether oxygens (including phenoxy) is 2. The molecular weight excluding hydrogens is 420 g/mol. The molecule has 0 aliphatic carbocycles. The molecule has 1 N–H and O–H groups in total. The third kappa shape index (κ3) is 5.50. The van der Waals surface area contributed by atoms with Crippen molar-refractivity contribution in [3.05, 3.63) is 54.6 Å². The molecule has 1 aliphatic heterocycles. The number of amides is 1. The Labute approximate surface area is 183 Å². The van der Waals surface area contributed by atoms with Gasteiger partial charge in [0.15, 0.2) is 4.34 Å². The minimum Gasteiger partial charge on any atom is -0.457 e. The van der Waals surface area contributed by atoms with Crippen LogP contribution in [0.1, 0.15) is 6.92 Å². The number of carbonyl (C=O) groups is 1. The molecule has 3 aromatic rings. The highest BCUT2D eigenvalue weighted by atomic mass is 32.2. The molecule has 156 valence electrons. The zero-order chi connectivity index (χ0) is 20.8. The summed E-state index contributed by atoms with van der Waals surface area (Å²) in [6.07, 6.45) is 0. The summed E-state index contributed by atoms with van der Waals surface area (Å²) in [7, 11) is 0. The maximum absolute atomic E-state index is 12.5. The maximum Gasteiger partial charge on any atom is 0.236 e. The van der Waals surface area contributed by atoms with Crippen molar-refractivity contribution in [2.45, 2.75) is 16.5 Å². The molecule has 0 radical (unpaired) electrons. The van der Waals surface area contributed by atoms with Crippen LogP contribution in [-0.2, 0) is 9.53 Å². The predicted molar refractivity (Wildman–Crippen MR) is 119 cm³/mol. The van der Waals surface area contributed by atoms with Gasteiger partial charge in [0.25, 0.3) is 0 Å². The number of aromatic nitrogens is 2. The van der Waals surface area contributed by atoms with Crippen molar-refractivity contribution >= 4 is 39.8 Å². The number of hydrogen-bond acceptors (Lipinski definition) is 8. The van der Waals surface area contributed by atoms with E-state index in [9.17, 15) is 4.79 Å². The van der Waals surface area contributed by atoms with Crippen LogP contribution in [0.4, 0.5) is 10.8 Å². The second-order valence-corrected chi connectivity index (χ2v) is 9.20.